The van der Waals surface area contributed by atoms with Crippen LogP contribution in [-0.2, 0) is 6.54 Å². The van der Waals surface area contributed by atoms with Gasteiger partial charge in [-0.15, -0.1) is 0 Å². The molecule has 2 amide bonds. The van der Waals surface area contributed by atoms with Gasteiger partial charge in [-0.3, -0.25) is 9.47 Å². The van der Waals surface area contributed by atoms with E-state index >= 15 is 0 Å². The Labute approximate surface area is 202 Å². The number of nitriles is 1. The zero-order valence-corrected chi connectivity index (χ0v) is 19.1. The summed E-state index contributed by atoms with van der Waals surface area (Å²) >= 11 is 0. The van der Waals surface area contributed by atoms with Crippen LogP contribution in [0.2, 0.25) is 0 Å². The molecule has 0 aliphatic carbocycles. The standard InChI is InChI=1S/C27H23N7O/c28-13-18-1-3-19(4-2-18)20-12-25-26-30-7-8-34(26)24-6-5-22(11-21(24)17-31(25)16-20)32-9-10-33(27(32)35)23-14-29-15-23/h1-8,11-12,16,23,29H,9-10,14-15,17H2. The molecule has 0 spiro atoms. The van der Waals surface area contributed by atoms with E-state index < -0.39 is 0 Å². The van der Waals surface area contributed by atoms with Crippen LogP contribution in [0.15, 0.2) is 67.1 Å². The zero-order valence-electron chi connectivity index (χ0n) is 19.1. The van der Waals surface area contributed by atoms with Crippen molar-refractivity contribution in [2.24, 2.45) is 0 Å². The Hall–Kier alpha value is -4.35. The fourth-order valence-electron chi connectivity index (χ4n) is 5.32. The van der Waals surface area contributed by atoms with Crippen LogP contribution < -0.4 is 10.2 Å². The van der Waals surface area contributed by atoms with Crippen LogP contribution in [0.3, 0.4) is 0 Å². The minimum absolute atomic E-state index is 0.0955. The summed E-state index contributed by atoms with van der Waals surface area (Å²) in [6.45, 7) is 3.92. The number of amides is 2. The van der Waals surface area contributed by atoms with E-state index in [4.69, 9.17) is 5.26 Å². The Morgan fingerprint density at radius 2 is 1.89 bits per heavy atom. The van der Waals surface area contributed by atoms with Gasteiger partial charge in [0.15, 0.2) is 5.82 Å². The molecular formula is C27H23N7O. The lowest BCUT2D eigenvalue weighted by Gasteiger charge is -2.35. The van der Waals surface area contributed by atoms with E-state index in [-0.39, 0.29) is 6.03 Å². The highest BCUT2D eigenvalue weighted by atomic mass is 16.2. The first-order chi connectivity index (χ1) is 17.2. The van der Waals surface area contributed by atoms with Gasteiger partial charge in [-0.2, -0.15) is 5.26 Å². The number of fused-ring (bicyclic) bond motifs is 5. The Kier molecular flexibility index (Phi) is 4.35. The van der Waals surface area contributed by atoms with Gasteiger partial charge in [0.05, 0.1) is 29.1 Å². The number of rotatable bonds is 3. The van der Waals surface area contributed by atoms with Gasteiger partial charge in [0.25, 0.3) is 0 Å². The predicted molar refractivity (Wildman–Crippen MR) is 132 cm³/mol. The number of hydrogen-bond donors (Lipinski definition) is 1. The van der Waals surface area contributed by atoms with Gasteiger partial charge in [-0.25, -0.2) is 9.78 Å². The molecule has 35 heavy (non-hydrogen) atoms. The van der Waals surface area contributed by atoms with Crippen LogP contribution in [-0.4, -0.2) is 57.3 Å². The normalized spacial score (nSPS) is 16.8. The van der Waals surface area contributed by atoms with E-state index in [2.05, 4.69) is 49.9 Å². The van der Waals surface area contributed by atoms with Crippen molar-refractivity contribution >= 4 is 11.7 Å². The average molecular weight is 462 g/mol. The maximum absolute atomic E-state index is 13.1. The lowest BCUT2D eigenvalue weighted by molar-refractivity contribution is 0.175. The number of imidazole rings is 1. The van der Waals surface area contributed by atoms with Crippen LogP contribution in [0, 0.1) is 11.3 Å². The Balaban J connectivity index is 1.27. The van der Waals surface area contributed by atoms with Crippen molar-refractivity contribution in [3.63, 3.8) is 0 Å². The molecule has 0 unspecified atom stereocenters. The monoisotopic (exact) mass is 461 g/mol. The van der Waals surface area contributed by atoms with Gasteiger partial charge in [0.1, 0.15) is 0 Å². The van der Waals surface area contributed by atoms with Gasteiger partial charge in [-0.05, 0) is 47.5 Å². The fraction of sp³-hybridized carbons (Fsp3) is 0.222. The van der Waals surface area contributed by atoms with Crippen LogP contribution in [0.25, 0.3) is 28.3 Å². The van der Waals surface area contributed by atoms with Crippen molar-refractivity contribution in [1.82, 2.24) is 24.3 Å². The minimum atomic E-state index is 0.0955. The molecule has 0 atom stereocenters. The van der Waals surface area contributed by atoms with Crippen molar-refractivity contribution in [2.45, 2.75) is 12.6 Å². The number of nitrogens with one attached hydrogen (secondary N) is 1. The largest absolute Gasteiger partial charge is 0.340 e. The lowest BCUT2D eigenvalue weighted by atomic mass is 10.1. The Morgan fingerprint density at radius 1 is 1.03 bits per heavy atom. The van der Waals surface area contributed by atoms with E-state index in [0.717, 1.165) is 59.2 Å². The smallest absolute Gasteiger partial charge is 0.324 e. The van der Waals surface area contributed by atoms with E-state index in [1.165, 1.54) is 0 Å². The Bertz CT molecular complexity index is 1500. The molecule has 2 saturated heterocycles. The third-order valence-corrected chi connectivity index (χ3v) is 7.33. The maximum atomic E-state index is 13.1. The third kappa shape index (κ3) is 3.09. The summed E-state index contributed by atoms with van der Waals surface area (Å²) in [4.78, 5) is 21.7. The van der Waals surface area contributed by atoms with Gasteiger partial charge >= 0.3 is 6.03 Å². The highest BCUT2D eigenvalue weighted by Gasteiger charge is 2.37. The number of aromatic nitrogens is 3. The molecule has 8 heteroatoms. The molecule has 0 bridgehead atoms. The second-order valence-corrected chi connectivity index (χ2v) is 9.30. The zero-order chi connectivity index (χ0) is 23.5. The summed E-state index contributed by atoms with van der Waals surface area (Å²) in [5.41, 5.74) is 6.98. The Morgan fingerprint density at radius 3 is 2.66 bits per heavy atom. The highest BCUT2D eigenvalue weighted by Crippen LogP contribution is 2.36. The molecule has 2 aromatic carbocycles. The third-order valence-electron chi connectivity index (χ3n) is 7.33. The van der Waals surface area contributed by atoms with E-state index in [1.807, 2.05) is 52.5 Å². The van der Waals surface area contributed by atoms with Gasteiger partial charge in [0, 0.05) is 62.6 Å². The van der Waals surface area contributed by atoms with Crippen LogP contribution >= 0.6 is 0 Å². The van der Waals surface area contributed by atoms with Crippen LogP contribution in [0.1, 0.15) is 11.1 Å². The molecule has 8 nitrogen and oxygen atoms in total. The van der Waals surface area contributed by atoms with Crippen molar-refractivity contribution in [3.05, 3.63) is 78.2 Å². The highest BCUT2D eigenvalue weighted by molar-refractivity contribution is 5.94. The summed E-state index contributed by atoms with van der Waals surface area (Å²) in [6, 6.07) is 18.7. The number of carbonyl (C=O) groups is 1. The SMILES string of the molecule is N#Cc1ccc(-c2cc3n(c2)Cc2cc(N4CCN(C5CNC5)C4=O)ccc2-n2ccnc2-3)cc1. The first-order valence-electron chi connectivity index (χ1n) is 11.9. The number of benzene rings is 2. The first-order valence-corrected chi connectivity index (χ1v) is 11.9. The van der Waals surface area contributed by atoms with Gasteiger partial charge in [0.2, 0.25) is 0 Å². The van der Waals surface area contributed by atoms with Crippen LogP contribution in [0.4, 0.5) is 10.5 Å². The number of urea groups is 1. The average Bonchev–Trinajstić information content (AvgIpc) is 3.56. The predicted octanol–water partition coefficient (Wildman–Crippen LogP) is 3.45. The molecule has 2 fully saturated rings. The summed E-state index contributed by atoms with van der Waals surface area (Å²) in [7, 11) is 0. The van der Waals surface area contributed by atoms with E-state index in [9.17, 15) is 4.79 Å². The molecule has 3 aliphatic heterocycles. The number of hydrogen-bond acceptors (Lipinski definition) is 4. The molecule has 3 aliphatic rings. The van der Waals surface area contributed by atoms with Crippen molar-refractivity contribution in [2.75, 3.05) is 31.1 Å². The topological polar surface area (TPSA) is 82.1 Å². The molecule has 5 heterocycles. The first kappa shape index (κ1) is 20.1. The van der Waals surface area contributed by atoms with Crippen molar-refractivity contribution in [3.8, 4) is 34.4 Å². The minimum Gasteiger partial charge on any atom is -0.340 e. The fourth-order valence-corrected chi connectivity index (χ4v) is 5.32. The second-order valence-electron chi connectivity index (χ2n) is 9.30. The molecule has 4 aromatic rings. The summed E-state index contributed by atoms with van der Waals surface area (Å²) < 4.78 is 4.35. The van der Waals surface area contributed by atoms with Gasteiger partial charge < -0.3 is 14.8 Å². The molecular weight excluding hydrogens is 438 g/mol. The molecule has 2 aromatic heterocycles. The number of anilines is 1. The number of nitrogens with zero attached hydrogens (tertiary/aromatic N) is 6. The molecule has 172 valence electrons. The van der Waals surface area contributed by atoms with Crippen molar-refractivity contribution in [1.29, 1.82) is 5.26 Å². The van der Waals surface area contributed by atoms with E-state index in [1.54, 1.807) is 0 Å². The molecule has 0 saturated carbocycles. The van der Waals surface area contributed by atoms with Crippen LogP contribution in [0.5, 0.6) is 0 Å². The molecule has 7 rings (SSSR count). The second kappa shape index (κ2) is 7.58. The maximum Gasteiger partial charge on any atom is 0.324 e. The number of carbonyl (C=O) groups excluding carboxylic acids is 1. The molecule has 0 radical (unpaired) electrons. The van der Waals surface area contributed by atoms with E-state index in [0.29, 0.717) is 24.7 Å². The lowest BCUT2D eigenvalue weighted by Crippen LogP contribution is -2.58. The molecule has 1 N–H and O–H groups in total. The summed E-state index contributed by atoms with van der Waals surface area (Å²) in [6.07, 6.45) is 5.96. The van der Waals surface area contributed by atoms with Crippen molar-refractivity contribution < 1.29 is 4.79 Å². The summed E-state index contributed by atoms with van der Waals surface area (Å²) in [5, 5.41) is 12.4. The quantitative estimate of drug-likeness (QED) is 0.446. The van der Waals surface area contributed by atoms with Gasteiger partial charge in [-0.1, -0.05) is 12.1 Å². The summed E-state index contributed by atoms with van der Waals surface area (Å²) in [5.74, 6) is 0.886.